The number of carbonyl (C=O) groups excluding carboxylic acids is 2. The second-order valence-electron chi connectivity index (χ2n) is 5.86. The Hall–Kier alpha value is -2.73. The second-order valence-corrected chi connectivity index (χ2v) is 6.87. The summed E-state index contributed by atoms with van der Waals surface area (Å²) in [6.45, 7) is 4.83. The quantitative estimate of drug-likeness (QED) is 0.614. The SMILES string of the molecule is Cc1ccc(OCCOc2ccccc2/C=C2\SC(=O)NC2=O)c(C)c1. The molecule has 1 N–H and O–H groups in total. The molecule has 1 fully saturated rings. The minimum Gasteiger partial charge on any atom is -0.490 e. The maximum Gasteiger partial charge on any atom is 0.290 e. The molecule has 0 unspecified atom stereocenters. The van der Waals surface area contributed by atoms with Crippen molar-refractivity contribution in [2.45, 2.75) is 13.8 Å². The lowest BCUT2D eigenvalue weighted by atomic mass is 10.1. The lowest BCUT2D eigenvalue weighted by molar-refractivity contribution is -0.115. The highest BCUT2D eigenvalue weighted by Crippen LogP contribution is 2.29. The van der Waals surface area contributed by atoms with Crippen molar-refractivity contribution in [3.63, 3.8) is 0 Å². The predicted octanol–water partition coefficient (Wildman–Crippen LogP) is 4.09. The molecule has 0 bridgehead atoms. The molecule has 0 spiro atoms. The monoisotopic (exact) mass is 369 g/mol. The third kappa shape index (κ3) is 4.46. The normalized spacial score (nSPS) is 15.2. The molecular weight excluding hydrogens is 350 g/mol. The molecule has 0 saturated carbocycles. The first-order valence-corrected chi connectivity index (χ1v) is 9.01. The fourth-order valence-corrected chi connectivity index (χ4v) is 3.23. The topological polar surface area (TPSA) is 64.6 Å². The van der Waals surface area contributed by atoms with Crippen LogP contribution in [-0.4, -0.2) is 24.4 Å². The Morgan fingerprint density at radius 3 is 2.42 bits per heavy atom. The van der Waals surface area contributed by atoms with Gasteiger partial charge in [-0.05, 0) is 49.4 Å². The summed E-state index contributed by atoms with van der Waals surface area (Å²) in [5, 5.41) is 1.88. The van der Waals surface area contributed by atoms with E-state index in [4.69, 9.17) is 9.47 Å². The van der Waals surface area contributed by atoms with Crippen molar-refractivity contribution >= 4 is 29.0 Å². The zero-order valence-corrected chi connectivity index (χ0v) is 15.4. The number of hydrogen-bond donors (Lipinski definition) is 1. The molecule has 0 radical (unpaired) electrons. The Morgan fingerprint density at radius 2 is 1.73 bits per heavy atom. The van der Waals surface area contributed by atoms with Crippen LogP contribution in [0.15, 0.2) is 47.4 Å². The summed E-state index contributed by atoms with van der Waals surface area (Å²) in [5.41, 5.74) is 3.02. The van der Waals surface area contributed by atoms with Crippen molar-refractivity contribution in [3.8, 4) is 11.5 Å². The third-order valence-corrected chi connectivity index (χ3v) is 4.59. The number of rotatable bonds is 6. The van der Waals surface area contributed by atoms with Crippen molar-refractivity contribution in [2.24, 2.45) is 0 Å². The van der Waals surface area contributed by atoms with E-state index in [1.807, 2.05) is 50.2 Å². The van der Waals surface area contributed by atoms with Crippen molar-refractivity contribution in [1.82, 2.24) is 5.32 Å². The van der Waals surface area contributed by atoms with Gasteiger partial charge in [0, 0.05) is 5.56 Å². The second kappa shape index (κ2) is 8.10. The maximum atomic E-state index is 11.7. The number of amides is 2. The van der Waals surface area contributed by atoms with E-state index in [1.165, 1.54) is 5.56 Å². The lowest BCUT2D eigenvalue weighted by Crippen LogP contribution is -2.17. The molecule has 0 aliphatic carbocycles. The number of nitrogens with one attached hydrogen (secondary N) is 1. The van der Waals surface area contributed by atoms with Crippen LogP contribution in [0.4, 0.5) is 4.79 Å². The highest BCUT2D eigenvalue weighted by Gasteiger charge is 2.25. The standard InChI is InChI=1S/C20H19NO4S/c1-13-7-8-16(14(2)11-13)24-9-10-25-17-6-4-3-5-15(17)12-18-19(22)21-20(23)26-18/h3-8,11-12H,9-10H2,1-2H3,(H,21,22,23)/b18-12-. The Kier molecular flexibility index (Phi) is 5.63. The predicted molar refractivity (Wildman–Crippen MR) is 102 cm³/mol. The molecule has 1 saturated heterocycles. The molecule has 6 heteroatoms. The van der Waals surface area contributed by atoms with Crippen LogP contribution in [-0.2, 0) is 4.79 Å². The van der Waals surface area contributed by atoms with Gasteiger partial charge in [0.05, 0.1) is 4.91 Å². The molecule has 1 heterocycles. The van der Waals surface area contributed by atoms with Crippen molar-refractivity contribution in [2.75, 3.05) is 13.2 Å². The lowest BCUT2D eigenvalue weighted by Gasteiger charge is -2.12. The number of hydrogen-bond acceptors (Lipinski definition) is 5. The molecule has 1 aliphatic rings. The number of ether oxygens (including phenoxy) is 2. The van der Waals surface area contributed by atoms with Gasteiger partial charge in [-0.2, -0.15) is 0 Å². The molecule has 0 atom stereocenters. The number of imide groups is 1. The number of thioether (sulfide) groups is 1. The zero-order chi connectivity index (χ0) is 18.5. The van der Waals surface area contributed by atoms with Gasteiger partial charge in [0.2, 0.25) is 0 Å². The van der Waals surface area contributed by atoms with E-state index in [9.17, 15) is 9.59 Å². The molecule has 2 amide bonds. The first-order valence-electron chi connectivity index (χ1n) is 8.19. The molecule has 134 valence electrons. The fraction of sp³-hybridized carbons (Fsp3) is 0.200. The molecule has 5 nitrogen and oxygen atoms in total. The van der Waals surface area contributed by atoms with E-state index >= 15 is 0 Å². The van der Waals surface area contributed by atoms with Crippen LogP contribution >= 0.6 is 11.8 Å². The van der Waals surface area contributed by atoms with Crippen LogP contribution in [0.1, 0.15) is 16.7 Å². The van der Waals surface area contributed by atoms with Gasteiger partial charge < -0.3 is 9.47 Å². The van der Waals surface area contributed by atoms with Crippen molar-refractivity contribution < 1.29 is 19.1 Å². The number of para-hydroxylation sites is 1. The molecule has 0 aromatic heterocycles. The summed E-state index contributed by atoms with van der Waals surface area (Å²) in [5.74, 6) is 1.09. The van der Waals surface area contributed by atoms with E-state index in [2.05, 4.69) is 11.4 Å². The average molecular weight is 369 g/mol. The van der Waals surface area contributed by atoms with Crippen LogP contribution < -0.4 is 14.8 Å². The van der Waals surface area contributed by atoms with Crippen LogP contribution in [0, 0.1) is 13.8 Å². The van der Waals surface area contributed by atoms with E-state index in [-0.39, 0.29) is 11.1 Å². The van der Waals surface area contributed by atoms with Gasteiger partial charge in [0.25, 0.3) is 11.1 Å². The van der Waals surface area contributed by atoms with Gasteiger partial charge in [-0.1, -0.05) is 35.9 Å². The Balaban J connectivity index is 1.61. The summed E-state index contributed by atoms with van der Waals surface area (Å²) in [4.78, 5) is 23.3. The number of benzene rings is 2. The summed E-state index contributed by atoms with van der Waals surface area (Å²) < 4.78 is 11.6. The largest absolute Gasteiger partial charge is 0.490 e. The molecule has 3 rings (SSSR count). The minimum absolute atomic E-state index is 0.359. The van der Waals surface area contributed by atoms with E-state index in [1.54, 1.807) is 6.08 Å². The van der Waals surface area contributed by atoms with Crippen LogP contribution in [0.5, 0.6) is 11.5 Å². The van der Waals surface area contributed by atoms with E-state index in [0.29, 0.717) is 23.9 Å². The van der Waals surface area contributed by atoms with Gasteiger partial charge in [-0.3, -0.25) is 14.9 Å². The highest BCUT2D eigenvalue weighted by atomic mass is 32.2. The summed E-state index contributed by atoms with van der Waals surface area (Å²) in [6.07, 6.45) is 1.66. The summed E-state index contributed by atoms with van der Waals surface area (Å²) >= 11 is 0.887. The van der Waals surface area contributed by atoms with Gasteiger partial charge in [-0.15, -0.1) is 0 Å². The minimum atomic E-state index is -0.381. The first-order chi connectivity index (χ1) is 12.5. The Bertz CT molecular complexity index is 876. The van der Waals surface area contributed by atoms with Gasteiger partial charge >= 0.3 is 0 Å². The Morgan fingerprint density at radius 1 is 1.00 bits per heavy atom. The van der Waals surface area contributed by atoms with Gasteiger partial charge in [0.15, 0.2) is 0 Å². The van der Waals surface area contributed by atoms with Crippen LogP contribution in [0.25, 0.3) is 6.08 Å². The van der Waals surface area contributed by atoms with E-state index < -0.39 is 0 Å². The number of aryl methyl sites for hydroxylation is 2. The number of carbonyl (C=O) groups is 2. The summed E-state index contributed by atoms with van der Waals surface area (Å²) in [7, 11) is 0. The fourth-order valence-electron chi connectivity index (χ4n) is 2.56. The zero-order valence-electron chi connectivity index (χ0n) is 14.6. The molecule has 2 aromatic rings. The smallest absolute Gasteiger partial charge is 0.290 e. The van der Waals surface area contributed by atoms with Crippen molar-refractivity contribution in [3.05, 3.63) is 64.1 Å². The van der Waals surface area contributed by atoms with Crippen molar-refractivity contribution in [1.29, 1.82) is 0 Å². The first kappa shape index (κ1) is 18.1. The highest BCUT2D eigenvalue weighted by molar-refractivity contribution is 8.18. The van der Waals surface area contributed by atoms with Crippen LogP contribution in [0.3, 0.4) is 0 Å². The molecular formula is C20H19NO4S. The van der Waals surface area contributed by atoms with Gasteiger partial charge in [0.1, 0.15) is 24.7 Å². The Labute approximate surface area is 156 Å². The molecule has 26 heavy (non-hydrogen) atoms. The van der Waals surface area contributed by atoms with E-state index in [0.717, 1.165) is 28.6 Å². The van der Waals surface area contributed by atoms with Gasteiger partial charge in [-0.25, -0.2) is 0 Å². The van der Waals surface area contributed by atoms with Crippen LogP contribution in [0.2, 0.25) is 0 Å². The average Bonchev–Trinajstić information content (AvgIpc) is 2.92. The maximum absolute atomic E-state index is 11.7. The summed E-state index contributed by atoms with van der Waals surface area (Å²) in [6, 6.07) is 13.4. The third-order valence-electron chi connectivity index (χ3n) is 3.78. The molecule has 1 aliphatic heterocycles. The molecule has 2 aromatic carbocycles.